The van der Waals surface area contributed by atoms with Crippen LogP contribution in [0, 0.1) is 13.8 Å². The number of methoxy groups -OCH3 is 1. The van der Waals surface area contributed by atoms with Crippen LogP contribution in [-0.4, -0.2) is 18.2 Å². The number of hydrogen-bond donors (Lipinski definition) is 1. The lowest BCUT2D eigenvalue weighted by Crippen LogP contribution is -2.05. The number of aromatic hydroxyl groups is 1. The monoisotopic (exact) mass is 286 g/mol. The van der Waals surface area contributed by atoms with Gasteiger partial charge in [0.15, 0.2) is 0 Å². The lowest BCUT2D eigenvalue weighted by Gasteiger charge is -2.13. The molecule has 1 N–H and O–H groups in total. The molecule has 2 aromatic rings. The second kappa shape index (κ2) is 6.31. The molecular formula is C17H18O4. The summed E-state index contributed by atoms with van der Waals surface area (Å²) in [6.45, 7) is 3.87. The van der Waals surface area contributed by atoms with Gasteiger partial charge in [0.05, 0.1) is 13.5 Å². The number of phenols is 1. The molecule has 0 aliphatic carbocycles. The van der Waals surface area contributed by atoms with Gasteiger partial charge in [-0.2, -0.15) is 0 Å². The van der Waals surface area contributed by atoms with Crippen LogP contribution in [0.15, 0.2) is 36.4 Å². The van der Waals surface area contributed by atoms with Crippen LogP contribution in [0.25, 0.3) is 0 Å². The summed E-state index contributed by atoms with van der Waals surface area (Å²) in [4.78, 5) is 11.3. The van der Waals surface area contributed by atoms with Crippen LogP contribution in [0.2, 0.25) is 0 Å². The third kappa shape index (κ3) is 3.75. The van der Waals surface area contributed by atoms with Gasteiger partial charge in [0.1, 0.15) is 17.2 Å². The Balaban J connectivity index is 2.24. The van der Waals surface area contributed by atoms with E-state index in [-0.39, 0.29) is 18.1 Å². The van der Waals surface area contributed by atoms with Gasteiger partial charge in [-0.15, -0.1) is 0 Å². The number of ether oxygens (including phenoxy) is 2. The van der Waals surface area contributed by atoms with Crippen LogP contribution in [0.4, 0.5) is 0 Å². The van der Waals surface area contributed by atoms with E-state index >= 15 is 0 Å². The molecular weight excluding hydrogens is 268 g/mol. The molecule has 0 bridgehead atoms. The van der Waals surface area contributed by atoms with Gasteiger partial charge >= 0.3 is 5.97 Å². The van der Waals surface area contributed by atoms with Gasteiger partial charge in [0.2, 0.25) is 0 Å². The van der Waals surface area contributed by atoms with Gasteiger partial charge in [-0.3, -0.25) is 4.79 Å². The van der Waals surface area contributed by atoms with Crippen LogP contribution in [0.3, 0.4) is 0 Å². The zero-order valence-corrected chi connectivity index (χ0v) is 12.3. The number of benzene rings is 2. The Kier molecular flexibility index (Phi) is 4.48. The SMILES string of the molecule is COC(=O)Cc1cc(C)c(Oc2ccc(O)cc2)c(C)c1. The summed E-state index contributed by atoms with van der Waals surface area (Å²) < 4.78 is 10.5. The van der Waals surface area contributed by atoms with Crippen molar-refractivity contribution >= 4 is 5.97 Å². The van der Waals surface area contributed by atoms with E-state index in [4.69, 9.17) is 4.74 Å². The van der Waals surface area contributed by atoms with E-state index < -0.39 is 0 Å². The molecule has 0 unspecified atom stereocenters. The van der Waals surface area contributed by atoms with E-state index in [1.165, 1.54) is 7.11 Å². The molecule has 0 aromatic heterocycles. The first kappa shape index (κ1) is 14.9. The molecule has 2 rings (SSSR count). The summed E-state index contributed by atoms with van der Waals surface area (Å²) in [6.07, 6.45) is 0.248. The van der Waals surface area contributed by atoms with Gasteiger partial charge in [-0.1, -0.05) is 12.1 Å². The van der Waals surface area contributed by atoms with Crippen molar-refractivity contribution in [3.05, 3.63) is 53.1 Å². The lowest BCUT2D eigenvalue weighted by molar-refractivity contribution is -0.139. The summed E-state index contributed by atoms with van der Waals surface area (Å²) in [5.41, 5.74) is 2.79. The predicted octanol–water partition coefficient (Wildman–Crippen LogP) is 3.52. The Morgan fingerprint density at radius 1 is 1.10 bits per heavy atom. The van der Waals surface area contributed by atoms with Gasteiger partial charge in [0, 0.05) is 0 Å². The molecule has 0 spiro atoms. The van der Waals surface area contributed by atoms with E-state index in [1.54, 1.807) is 24.3 Å². The quantitative estimate of drug-likeness (QED) is 0.874. The average Bonchev–Trinajstić information content (AvgIpc) is 2.44. The van der Waals surface area contributed by atoms with Gasteiger partial charge in [-0.25, -0.2) is 0 Å². The first-order valence-corrected chi connectivity index (χ1v) is 6.63. The van der Waals surface area contributed by atoms with E-state index in [1.807, 2.05) is 26.0 Å². The number of hydrogen-bond acceptors (Lipinski definition) is 4. The molecule has 0 atom stereocenters. The fourth-order valence-corrected chi connectivity index (χ4v) is 2.17. The highest BCUT2D eigenvalue weighted by Gasteiger charge is 2.10. The van der Waals surface area contributed by atoms with Crippen LogP contribution in [0.5, 0.6) is 17.2 Å². The standard InChI is InChI=1S/C17H18O4/c1-11-8-13(10-16(19)20-3)9-12(2)17(11)21-15-6-4-14(18)5-7-15/h4-9,18H,10H2,1-3H3. The highest BCUT2D eigenvalue weighted by atomic mass is 16.5. The van der Waals surface area contributed by atoms with Crippen molar-refractivity contribution in [3.8, 4) is 17.2 Å². The summed E-state index contributed by atoms with van der Waals surface area (Å²) in [5, 5.41) is 9.28. The van der Waals surface area contributed by atoms with Crippen LogP contribution < -0.4 is 4.74 Å². The Labute approximate surface area is 123 Å². The lowest BCUT2D eigenvalue weighted by atomic mass is 10.0. The largest absolute Gasteiger partial charge is 0.508 e. The minimum absolute atomic E-state index is 0.198. The second-order valence-electron chi connectivity index (χ2n) is 4.91. The number of carbonyl (C=O) groups excluding carboxylic acids is 1. The minimum Gasteiger partial charge on any atom is -0.508 e. The Bertz CT molecular complexity index is 621. The molecule has 0 saturated carbocycles. The molecule has 0 aliphatic rings. The van der Waals surface area contributed by atoms with Crippen LogP contribution in [-0.2, 0) is 16.0 Å². The zero-order valence-electron chi connectivity index (χ0n) is 12.3. The highest BCUT2D eigenvalue weighted by molar-refractivity contribution is 5.72. The van der Waals surface area contributed by atoms with E-state index in [9.17, 15) is 9.90 Å². The predicted molar refractivity (Wildman–Crippen MR) is 79.8 cm³/mol. The van der Waals surface area contributed by atoms with Gasteiger partial charge < -0.3 is 14.6 Å². The number of phenolic OH excluding ortho intramolecular Hbond substituents is 1. The summed E-state index contributed by atoms with van der Waals surface area (Å²) >= 11 is 0. The molecule has 2 aromatic carbocycles. The van der Waals surface area contributed by atoms with Crippen molar-refractivity contribution in [2.75, 3.05) is 7.11 Å². The van der Waals surface area contributed by atoms with E-state index in [2.05, 4.69) is 4.74 Å². The summed E-state index contributed by atoms with van der Waals surface area (Å²) in [6, 6.07) is 10.4. The van der Waals surface area contributed by atoms with Crippen molar-refractivity contribution < 1.29 is 19.4 Å². The second-order valence-corrected chi connectivity index (χ2v) is 4.91. The number of rotatable bonds is 4. The van der Waals surface area contributed by atoms with Crippen molar-refractivity contribution in [2.45, 2.75) is 20.3 Å². The minimum atomic E-state index is -0.263. The Morgan fingerprint density at radius 2 is 1.67 bits per heavy atom. The fraction of sp³-hybridized carbons (Fsp3) is 0.235. The molecule has 0 heterocycles. The van der Waals surface area contributed by atoms with Crippen LogP contribution >= 0.6 is 0 Å². The zero-order chi connectivity index (χ0) is 15.4. The molecule has 4 nitrogen and oxygen atoms in total. The Morgan fingerprint density at radius 3 is 2.19 bits per heavy atom. The topological polar surface area (TPSA) is 55.8 Å². The van der Waals surface area contributed by atoms with Crippen LogP contribution in [0.1, 0.15) is 16.7 Å². The number of esters is 1. The molecule has 0 fully saturated rings. The molecule has 0 radical (unpaired) electrons. The molecule has 21 heavy (non-hydrogen) atoms. The Hall–Kier alpha value is -2.49. The molecule has 4 heteroatoms. The molecule has 0 saturated heterocycles. The van der Waals surface area contributed by atoms with Crippen molar-refractivity contribution in [1.82, 2.24) is 0 Å². The number of aryl methyl sites for hydroxylation is 2. The highest BCUT2D eigenvalue weighted by Crippen LogP contribution is 2.30. The normalized spacial score (nSPS) is 10.2. The maximum atomic E-state index is 11.3. The maximum absolute atomic E-state index is 11.3. The molecule has 110 valence electrons. The van der Waals surface area contributed by atoms with Gasteiger partial charge in [0.25, 0.3) is 0 Å². The molecule has 0 aliphatic heterocycles. The van der Waals surface area contributed by atoms with E-state index in [0.29, 0.717) is 5.75 Å². The van der Waals surface area contributed by atoms with Crippen molar-refractivity contribution in [3.63, 3.8) is 0 Å². The third-order valence-electron chi connectivity index (χ3n) is 3.15. The van der Waals surface area contributed by atoms with E-state index in [0.717, 1.165) is 22.4 Å². The first-order valence-electron chi connectivity index (χ1n) is 6.63. The first-order chi connectivity index (χ1) is 9.99. The summed E-state index contributed by atoms with van der Waals surface area (Å²) in [7, 11) is 1.38. The third-order valence-corrected chi connectivity index (χ3v) is 3.15. The van der Waals surface area contributed by atoms with Crippen molar-refractivity contribution in [2.24, 2.45) is 0 Å². The maximum Gasteiger partial charge on any atom is 0.309 e. The van der Waals surface area contributed by atoms with Gasteiger partial charge in [-0.05, 0) is 54.8 Å². The summed E-state index contributed by atoms with van der Waals surface area (Å²) in [5.74, 6) is 1.35. The fourth-order valence-electron chi connectivity index (χ4n) is 2.17. The number of carbonyl (C=O) groups is 1. The van der Waals surface area contributed by atoms with Crippen molar-refractivity contribution in [1.29, 1.82) is 0 Å². The molecule has 0 amide bonds. The average molecular weight is 286 g/mol. The smallest absolute Gasteiger partial charge is 0.309 e.